The quantitative estimate of drug-likeness (QED) is 0.634. The van der Waals surface area contributed by atoms with Gasteiger partial charge in [-0.15, -0.1) is 5.10 Å². The standard InChI is InChI=1S/C17H15Cl2N5OS/c1-10-3-6-13(7-4-10)24-17(21-22-23-24)26-11(2)16(25)20-15-9-12(18)5-8-14(15)19/h3-9,11H,1-2H3,(H,20,25)/t11-/m0/s1. The normalized spacial score (nSPS) is 12.0. The summed E-state index contributed by atoms with van der Waals surface area (Å²) < 4.78 is 1.60. The molecular formula is C17H15Cl2N5OS. The first-order valence-electron chi connectivity index (χ1n) is 7.72. The average Bonchev–Trinajstić information content (AvgIpc) is 3.07. The maximum absolute atomic E-state index is 12.5. The van der Waals surface area contributed by atoms with Gasteiger partial charge in [-0.3, -0.25) is 4.79 Å². The molecule has 0 saturated carbocycles. The van der Waals surface area contributed by atoms with Crippen LogP contribution in [0.2, 0.25) is 10.0 Å². The van der Waals surface area contributed by atoms with Crippen molar-refractivity contribution >= 4 is 46.6 Å². The fourth-order valence-electron chi connectivity index (χ4n) is 2.14. The first-order chi connectivity index (χ1) is 12.4. The van der Waals surface area contributed by atoms with E-state index in [-0.39, 0.29) is 5.91 Å². The van der Waals surface area contributed by atoms with Gasteiger partial charge in [0.25, 0.3) is 0 Å². The molecule has 3 rings (SSSR count). The monoisotopic (exact) mass is 407 g/mol. The molecule has 6 nitrogen and oxygen atoms in total. The number of nitrogens with zero attached hydrogens (tertiary/aromatic N) is 4. The number of halogens is 2. The highest BCUT2D eigenvalue weighted by Gasteiger charge is 2.20. The van der Waals surface area contributed by atoms with Crippen molar-refractivity contribution < 1.29 is 4.79 Å². The van der Waals surface area contributed by atoms with Crippen molar-refractivity contribution in [2.75, 3.05) is 5.32 Å². The zero-order valence-electron chi connectivity index (χ0n) is 14.0. The first-order valence-corrected chi connectivity index (χ1v) is 9.35. The molecule has 3 aromatic rings. The number of hydrogen-bond donors (Lipinski definition) is 1. The Morgan fingerprint density at radius 3 is 2.65 bits per heavy atom. The second-order valence-corrected chi connectivity index (χ2v) is 7.73. The van der Waals surface area contributed by atoms with Crippen molar-refractivity contribution in [1.29, 1.82) is 0 Å². The van der Waals surface area contributed by atoms with E-state index in [0.29, 0.717) is 20.9 Å². The topological polar surface area (TPSA) is 72.7 Å². The Bertz CT molecular complexity index is 929. The van der Waals surface area contributed by atoms with Gasteiger partial charge in [-0.25, -0.2) is 0 Å². The van der Waals surface area contributed by atoms with Crippen molar-refractivity contribution in [3.8, 4) is 5.69 Å². The van der Waals surface area contributed by atoms with E-state index >= 15 is 0 Å². The molecule has 0 fully saturated rings. The Morgan fingerprint density at radius 2 is 1.92 bits per heavy atom. The van der Waals surface area contributed by atoms with Gasteiger partial charge in [0.2, 0.25) is 11.1 Å². The van der Waals surface area contributed by atoms with Crippen LogP contribution in [-0.2, 0) is 4.79 Å². The zero-order chi connectivity index (χ0) is 18.7. The number of carbonyl (C=O) groups excluding carboxylic acids is 1. The molecule has 1 atom stereocenters. The highest BCUT2D eigenvalue weighted by atomic mass is 35.5. The number of aryl methyl sites for hydroxylation is 1. The number of nitrogens with one attached hydrogen (secondary N) is 1. The predicted octanol–water partition coefficient (Wildman–Crippen LogP) is 4.40. The number of thioether (sulfide) groups is 1. The summed E-state index contributed by atoms with van der Waals surface area (Å²) in [6.45, 7) is 3.78. The third kappa shape index (κ3) is 4.35. The van der Waals surface area contributed by atoms with Crippen molar-refractivity contribution in [2.45, 2.75) is 24.3 Å². The molecule has 1 N–H and O–H groups in total. The Balaban J connectivity index is 1.73. The van der Waals surface area contributed by atoms with Gasteiger partial charge in [0, 0.05) is 5.02 Å². The lowest BCUT2D eigenvalue weighted by Gasteiger charge is -2.13. The van der Waals surface area contributed by atoms with E-state index in [0.717, 1.165) is 11.3 Å². The van der Waals surface area contributed by atoms with Crippen LogP contribution >= 0.6 is 35.0 Å². The molecule has 134 valence electrons. The minimum Gasteiger partial charge on any atom is -0.324 e. The van der Waals surface area contributed by atoms with Crippen LogP contribution < -0.4 is 5.32 Å². The maximum atomic E-state index is 12.5. The molecule has 0 aliphatic carbocycles. The molecular weight excluding hydrogens is 393 g/mol. The fraction of sp³-hybridized carbons (Fsp3) is 0.176. The summed E-state index contributed by atoms with van der Waals surface area (Å²) >= 11 is 13.3. The van der Waals surface area contributed by atoms with Gasteiger partial charge < -0.3 is 5.32 Å². The molecule has 0 aliphatic rings. The summed E-state index contributed by atoms with van der Waals surface area (Å²) in [6.07, 6.45) is 0. The molecule has 0 saturated heterocycles. The van der Waals surface area contributed by atoms with E-state index in [1.54, 1.807) is 29.8 Å². The summed E-state index contributed by atoms with van der Waals surface area (Å²) in [5.74, 6) is -0.224. The van der Waals surface area contributed by atoms with Crippen LogP contribution in [0.25, 0.3) is 5.69 Å². The Kier molecular flexibility index (Phi) is 5.80. The second-order valence-electron chi connectivity index (χ2n) is 5.58. The summed E-state index contributed by atoms with van der Waals surface area (Å²) in [5, 5.41) is 15.5. The molecule has 0 unspecified atom stereocenters. The highest BCUT2D eigenvalue weighted by molar-refractivity contribution is 8.00. The van der Waals surface area contributed by atoms with E-state index in [1.807, 2.05) is 31.2 Å². The Labute approximate surface area is 164 Å². The highest BCUT2D eigenvalue weighted by Crippen LogP contribution is 2.28. The summed E-state index contributed by atoms with van der Waals surface area (Å²) in [5.41, 5.74) is 2.44. The summed E-state index contributed by atoms with van der Waals surface area (Å²) in [6, 6.07) is 12.7. The van der Waals surface area contributed by atoms with Crippen molar-refractivity contribution in [3.05, 3.63) is 58.1 Å². The maximum Gasteiger partial charge on any atom is 0.237 e. The van der Waals surface area contributed by atoms with E-state index in [9.17, 15) is 4.79 Å². The molecule has 0 radical (unpaired) electrons. The lowest BCUT2D eigenvalue weighted by Crippen LogP contribution is -2.23. The van der Waals surface area contributed by atoms with Gasteiger partial charge >= 0.3 is 0 Å². The number of aromatic nitrogens is 4. The molecule has 1 amide bonds. The number of tetrazole rings is 1. The smallest absolute Gasteiger partial charge is 0.237 e. The van der Waals surface area contributed by atoms with Gasteiger partial charge in [0.05, 0.1) is 21.6 Å². The summed E-state index contributed by atoms with van der Waals surface area (Å²) in [7, 11) is 0. The van der Waals surface area contributed by atoms with Crippen LogP contribution in [0.5, 0.6) is 0 Å². The molecule has 1 aromatic heterocycles. The largest absolute Gasteiger partial charge is 0.324 e. The van der Waals surface area contributed by atoms with E-state index < -0.39 is 5.25 Å². The number of hydrogen-bond acceptors (Lipinski definition) is 5. The second kappa shape index (κ2) is 8.07. The van der Waals surface area contributed by atoms with Crippen LogP contribution in [0.3, 0.4) is 0 Å². The van der Waals surface area contributed by atoms with E-state index in [1.165, 1.54) is 11.8 Å². The average molecular weight is 408 g/mol. The van der Waals surface area contributed by atoms with Gasteiger partial charge in [0.1, 0.15) is 0 Å². The first kappa shape index (κ1) is 18.7. The van der Waals surface area contributed by atoms with Crippen LogP contribution in [0.1, 0.15) is 12.5 Å². The van der Waals surface area contributed by atoms with Crippen molar-refractivity contribution in [3.63, 3.8) is 0 Å². The summed E-state index contributed by atoms with van der Waals surface area (Å²) in [4.78, 5) is 12.5. The fourth-order valence-corrected chi connectivity index (χ4v) is 3.28. The number of amides is 1. The van der Waals surface area contributed by atoms with Crippen molar-refractivity contribution in [1.82, 2.24) is 20.2 Å². The zero-order valence-corrected chi connectivity index (χ0v) is 16.3. The lowest BCUT2D eigenvalue weighted by molar-refractivity contribution is -0.115. The predicted molar refractivity (Wildman–Crippen MR) is 104 cm³/mol. The minimum atomic E-state index is -0.444. The lowest BCUT2D eigenvalue weighted by atomic mass is 10.2. The molecule has 9 heteroatoms. The van der Waals surface area contributed by atoms with Gasteiger partial charge in [-0.2, -0.15) is 4.68 Å². The van der Waals surface area contributed by atoms with Crippen LogP contribution in [0.4, 0.5) is 5.69 Å². The third-order valence-electron chi connectivity index (χ3n) is 3.56. The van der Waals surface area contributed by atoms with Gasteiger partial charge in [-0.1, -0.05) is 52.7 Å². The molecule has 0 aliphatic heterocycles. The van der Waals surface area contributed by atoms with Crippen LogP contribution in [-0.4, -0.2) is 31.4 Å². The third-order valence-corrected chi connectivity index (χ3v) is 5.15. The van der Waals surface area contributed by atoms with Gasteiger partial charge in [0.15, 0.2) is 0 Å². The van der Waals surface area contributed by atoms with Crippen LogP contribution in [0, 0.1) is 6.92 Å². The molecule has 26 heavy (non-hydrogen) atoms. The Hall–Kier alpha value is -2.09. The van der Waals surface area contributed by atoms with Crippen LogP contribution in [0.15, 0.2) is 47.6 Å². The minimum absolute atomic E-state index is 0.224. The van der Waals surface area contributed by atoms with E-state index in [2.05, 4.69) is 20.8 Å². The number of rotatable bonds is 5. The SMILES string of the molecule is Cc1ccc(-n2nnnc2S[C@@H](C)C(=O)Nc2cc(Cl)ccc2Cl)cc1. The number of benzene rings is 2. The van der Waals surface area contributed by atoms with Gasteiger partial charge in [-0.05, 0) is 54.6 Å². The molecule has 0 spiro atoms. The number of carbonyl (C=O) groups is 1. The molecule has 2 aromatic carbocycles. The van der Waals surface area contributed by atoms with Crippen molar-refractivity contribution in [2.24, 2.45) is 0 Å². The Morgan fingerprint density at radius 1 is 1.19 bits per heavy atom. The molecule has 0 bridgehead atoms. The molecule has 1 heterocycles. The van der Waals surface area contributed by atoms with E-state index in [4.69, 9.17) is 23.2 Å². The number of anilines is 1.